The molecule has 0 spiro atoms. The molecule has 1 aliphatic rings. The highest BCUT2D eigenvalue weighted by molar-refractivity contribution is 6.54. The summed E-state index contributed by atoms with van der Waals surface area (Å²) < 4.78 is 37.1. The summed E-state index contributed by atoms with van der Waals surface area (Å²) in [5.74, 6) is -0.530. The maximum absolute atomic E-state index is 12.8. The van der Waals surface area contributed by atoms with Crippen LogP contribution in [0, 0.1) is 0 Å². The second kappa shape index (κ2) is 5.67. The van der Waals surface area contributed by atoms with Crippen LogP contribution >= 0.6 is 23.2 Å². The number of alkyl halides is 5. The van der Waals surface area contributed by atoms with Gasteiger partial charge in [0.05, 0.1) is 5.56 Å². The van der Waals surface area contributed by atoms with Crippen LogP contribution in [0.15, 0.2) is 54.6 Å². The standard InChI is InChI=1S/C17H12Cl2F3NO/c18-16(19)10-15(16,11-5-2-1-3-6-11)14(24)23-13-8-4-7-12(9-13)17(20,21)22/h1-9H,10H2,(H,23,24)/t15-/m1/s1. The van der Waals surface area contributed by atoms with Gasteiger partial charge in [0.2, 0.25) is 5.91 Å². The summed E-state index contributed by atoms with van der Waals surface area (Å²) in [6.07, 6.45) is -4.29. The fourth-order valence-electron chi connectivity index (χ4n) is 2.71. The summed E-state index contributed by atoms with van der Waals surface area (Å²) in [4.78, 5) is 12.7. The Morgan fingerprint density at radius 3 is 2.21 bits per heavy atom. The lowest BCUT2D eigenvalue weighted by atomic mass is 9.94. The van der Waals surface area contributed by atoms with Crippen molar-refractivity contribution in [1.82, 2.24) is 0 Å². The molecule has 1 saturated carbocycles. The fraction of sp³-hybridized carbons (Fsp3) is 0.235. The van der Waals surface area contributed by atoms with E-state index in [1.165, 1.54) is 12.1 Å². The molecule has 0 heterocycles. The summed E-state index contributed by atoms with van der Waals surface area (Å²) in [6.45, 7) is 0. The third-order valence-electron chi connectivity index (χ3n) is 4.09. The van der Waals surface area contributed by atoms with Crippen LogP contribution in [0.4, 0.5) is 18.9 Å². The van der Waals surface area contributed by atoms with E-state index in [1.807, 2.05) is 0 Å². The van der Waals surface area contributed by atoms with E-state index in [0.29, 0.717) is 5.56 Å². The Balaban J connectivity index is 1.90. The molecule has 0 aliphatic heterocycles. The zero-order valence-electron chi connectivity index (χ0n) is 12.2. The molecule has 1 aliphatic carbocycles. The molecular formula is C17H12Cl2F3NO. The van der Waals surface area contributed by atoms with E-state index in [4.69, 9.17) is 23.2 Å². The van der Waals surface area contributed by atoms with Crippen molar-refractivity contribution in [1.29, 1.82) is 0 Å². The third-order valence-corrected chi connectivity index (χ3v) is 5.00. The molecule has 1 atom stereocenters. The second-order valence-corrected chi connectivity index (χ2v) is 7.17. The first kappa shape index (κ1) is 17.1. The number of hydrogen-bond donors (Lipinski definition) is 1. The first-order valence-corrected chi connectivity index (χ1v) is 7.84. The second-order valence-electron chi connectivity index (χ2n) is 5.69. The fourth-order valence-corrected chi connectivity index (χ4v) is 3.50. The quantitative estimate of drug-likeness (QED) is 0.739. The van der Waals surface area contributed by atoms with Crippen LogP contribution < -0.4 is 5.32 Å². The van der Waals surface area contributed by atoms with Gasteiger partial charge in [0, 0.05) is 12.1 Å². The number of carbonyl (C=O) groups is 1. The minimum absolute atomic E-state index is 0.0427. The summed E-state index contributed by atoms with van der Waals surface area (Å²) in [7, 11) is 0. The normalized spacial score (nSPS) is 22.0. The lowest BCUT2D eigenvalue weighted by Crippen LogP contribution is -2.32. The molecule has 0 bridgehead atoms. The molecule has 1 amide bonds. The highest BCUT2D eigenvalue weighted by Gasteiger charge is 2.72. The van der Waals surface area contributed by atoms with Gasteiger partial charge in [-0.25, -0.2) is 0 Å². The number of benzene rings is 2. The van der Waals surface area contributed by atoms with Crippen LogP contribution in [-0.4, -0.2) is 10.2 Å². The molecule has 0 radical (unpaired) electrons. The van der Waals surface area contributed by atoms with Crippen molar-refractivity contribution in [3.8, 4) is 0 Å². The number of hydrogen-bond acceptors (Lipinski definition) is 1. The van der Waals surface area contributed by atoms with Gasteiger partial charge in [0.1, 0.15) is 9.75 Å². The first-order valence-electron chi connectivity index (χ1n) is 7.09. The molecule has 24 heavy (non-hydrogen) atoms. The zero-order chi connectivity index (χ0) is 17.6. The summed E-state index contributed by atoms with van der Waals surface area (Å²) in [5, 5.41) is 2.50. The van der Waals surface area contributed by atoms with E-state index in [-0.39, 0.29) is 12.1 Å². The number of anilines is 1. The van der Waals surface area contributed by atoms with Crippen LogP contribution in [0.1, 0.15) is 17.5 Å². The van der Waals surface area contributed by atoms with Gasteiger partial charge in [-0.2, -0.15) is 13.2 Å². The van der Waals surface area contributed by atoms with Gasteiger partial charge in [-0.1, -0.05) is 36.4 Å². The lowest BCUT2D eigenvalue weighted by Gasteiger charge is -2.19. The minimum atomic E-state index is -4.49. The largest absolute Gasteiger partial charge is 0.416 e. The summed E-state index contributed by atoms with van der Waals surface area (Å²) in [5.41, 5.74) is -1.35. The zero-order valence-corrected chi connectivity index (χ0v) is 13.7. The molecule has 1 N–H and O–H groups in total. The Hall–Kier alpha value is -1.72. The Labute approximate surface area is 146 Å². The number of amides is 1. The minimum Gasteiger partial charge on any atom is -0.325 e. The van der Waals surface area contributed by atoms with Gasteiger partial charge in [-0.05, 0) is 23.8 Å². The number of carbonyl (C=O) groups excluding carboxylic acids is 1. The molecule has 0 unspecified atom stereocenters. The predicted octanol–water partition coefficient (Wildman–Crippen LogP) is 5.16. The first-order chi connectivity index (χ1) is 11.2. The van der Waals surface area contributed by atoms with E-state index in [9.17, 15) is 18.0 Å². The van der Waals surface area contributed by atoms with Gasteiger partial charge in [0.25, 0.3) is 0 Å². The highest BCUT2D eigenvalue weighted by Crippen LogP contribution is 2.65. The molecule has 3 rings (SSSR count). The Morgan fingerprint density at radius 2 is 1.67 bits per heavy atom. The number of nitrogens with one attached hydrogen (secondary N) is 1. The van der Waals surface area contributed by atoms with Crippen LogP contribution in [-0.2, 0) is 16.4 Å². The van der Waals surface area contributed by atoms with Crippen molar-refractivity contribution in [3.05, 3.63) is 65.7 Å². The Bertz CT molecular complexity index is 777. The average molecular weight is 374 g/mol. The molecular weight excluding hydrogens is 362 g/mol. The van der Waals surface area contributed by atoms with Gasteiger partial charge < -0.3 is 5.32 Å². The number of halogens is 5. The van der Waals surface area contributed by atoms with Gasteiger partial charge in [-0.15, -0.1) is 23.2 Å². The monoisotopic (exact) mass is 373 g/mol. The van der Waals surface area contributed by atoms with Crippen molar-refractivity contribution >= 4 is 34.8 Å². The van der Waals surface area contributed by atoms with Gasteiger partial charge in [0.15, 0.2) is 0 Å². The Kier molecular flexibility index (Phi) is 4.04. The maximum atomic E-state index is 12.8. The molecule has 7 heteroatoms. The van der Waals surface area contributed by atoms with Crippen LogP contribution in [0.2, 0.25) is 0 Å². The third kappa shape index (κ3) is 2.87. The molecule has 0 saturated heterocycles. The molecule has 2 aromatic rings. The van der Waals surface area contributed by atoms with Crippen molar-refractivity contribution in [2.75, 3.05) is 5.32 Å². The van der Waals surface area contributed by atoms with E-state index >= 15 is 0 Å². The molecule has 2 aromatic carbocycles. The predicted molar refractivity (Wildman–Crippen MR) is 87.2 cm³/mol. The molecule has 2 nitrogen and oxygen atoms in total. The van der Waals surface area contributed by atoms with Crippen LogP contribution in [0.25, 0.3) is 0 Å². The van der Waals surface area contributed by atoms with Gasteiger partial charge >= 0.3 is 6.18 Å². The van der Waals surface area contributed by atoms with Crippen molar-refractivity contribution in [3.63, 3.8) is 0 Å². The van der Waals surface area contributed by atoms with Crippen molar-refractivity contribution in [2.45, 2.75) is 22.3 Å². The molecule has 1 fully saturated rings. The van der Waals surface area contributed by atoms with E-state index in [1.54, 1.807) is 30.3 Å². The SMILES string of the molecule is O=C(Nc1cccc(C(F)(F)F)c1)[C@]1(c2ccccc2)CC1(Cl)Cl. The van der Waals surface area contributed by atoms with Crippen LogP contribution in [0.3, 0.4) is 0 Å². The smallest absolute Gasteiger partial charge is 0.325 e. The highest BCUT2D eigenvalue weighted by atomic mass is 35.5. The van der Waals surface area contributed by atoms with Crippen molar-refractivity contribution in [2.24, 2.45) is 0 Å². The van der Waals surface area contributed by atoms with E-state index in [2.05, 4.69) is 5.32 Å². The Morgan fingerprint density at radius 1 is 1.04 bits per heavy atom. The van der Waals surface area contributed by atoms with E-state index < -0.39 is 27.4 Å². The summed E-state index contributed by atoms with van der Waals surface area (Å²) >= 11 is 12.4. The topological polar surface area (TPSA) is 29.1 Å². The number of rotatable bonds is 3. The summed E-state index contributed by atoms with van der Waals surface area (Å²) in [6, 6.07) is 13.2. The maximum Gasteiger partial charge on any atom is 0.416 e. The average Bonchev–Trinajstić information content (AvgIpc) is 3.12. The lowest BCUT2D eigenvalue weighted by molar-refractivity contribution is -0.137. The van der Waals surface area contributed by atoms with Crippen LogP contribution in [0.5, 0.6) is 0 Å². The molecule has 0 aromatic heterocycles. The van der Waals surface area contributed by atoms with Gasteiger partial charge in [-0.3, -0.25) is 4.79 Å². The van der Waals surface area contributed by atoms with Crippen molar-refractivity contribution < 1.29 is 18.0 Å². The van der Waals surface area contributed by atoms with E-state index in [0.717, 1.165) is 12.1 Å². The molecule has 126 valence electrons.